The summed E-state index contributed by atoms with van der Waals surface area (Å²) in [6.45, 7) is 2.51. The first-order chi connectivity index (χ1) is 11.2. The van der Waals surface area contributed by atoms with Crippen LogP contribution in [-0.4, -0.2) is 27.4 Å². The molecule has 4 nitrogen and oxygen atoms in total. The number of methoxy groups -OCH3 is 2. The molecule has 0 aliphatic rings. The van der Waals surface area contributed by atoms with E-state index in [9.17, 15) is 0 Å². The van der Waals surface area contributed by atoms with Crippen LogP contribution in [0, 0.1) is 0 Å². The molecule has 0 amide bonds. The van der Waals surface area contributed by atoms with Gasteiger partial charge in [-0.05, 0) is 11.6 Å². The maximum absolute atomic E-state index is 6.17. The normalized spacial score (nSPS) is 10.6. The van der Waals surface area contributed by atoms with Gasteiger partial charge in [0.1, 0.15) is 6.61 Å². The van der Waals surface area contributed by atoms with Crippen LogP contribution in [0.4, 0.5) is 0 Å². The van der Waals surface area contributed by atoms with Gasteiger partial charge in [0.2, 0.25) is 0 Å². The number of rotatable bonds is 9. The minimum atomic E-state index is 0.476. The fraction of sp³-hybridized carbons (Fsp3) is 0.333. The van der Waals surface area contributed by atoms with E-state index in [1.165, 1.54) is 0 Å². The molecule has 0 spiro atoms. The highest BCUT2D eigenvalue weighted by atomic mass is 35.5. The number of hydrogen-bond donors (Lipinski definition) is 1. The van der Waals surface area contributed by atoms with E-state index < -0.39 is 0 Å². The lowest BCUT2D eigenvalue weighted by Crippen LogP contribution is -2.19. The van der Waals surface area contributed by atoms with Crippen molar-refractivity contribution >= 4 is 11.6 Å². The topological polar surface area (TPSA) is 39.7 Å². The van der Waals surface area contributed by atoms with Crippen LogP contribution < -0.4 is 14.8 Å². The first kappa shape index (κ1) is 17.6. The van der Waals surface area contributed by atoms with Gasteiger partial charge in [0.05, 0.1) is 13.7 Å². The largest absolute Gasteiger partial charge is 0.493 e. The molecule has 5 heteroatoms. The summed E-state index contributed by atoms with van der Waals surface area (Å²) in [7, 11) is 3.29. The van der Waals surface area contributed by atoms with Crippen molar-refractivity contribution in [1.29, 1.82) is 0 Å². The molecule has 0 saturated heterocycles. The SMILES string of the molecule is COCCNCc1cc(Cl)cc(OC)c1OCc1ccccc1. The number of hydrogen-bond acceptors (Lipinski definition) is 4. The molecular formula is C18H22ClNO3. The number of ether oxygens (including phenoxy) is 3. The lowest BCUT2D eigenvalue weighted by Gasteiger charge is -2.16. The molecule has 0 heterocycles. The van der Waals surface area contributed by atoms with Gasteiger partial charge in [0.25, 0.3) is 0 Å². The third-order valence-corrected chi connectivity index (χ3v) is 3.56. The van der Waals surface area contributed by atoms with Gasteiger partial charge in [-0.1, -0.05) is 41.9 Å². The summed E-state index contributed by atoms with van der Waals surface area (Å²) < 4.78 is 16.5. The van der Waals surface area contributed by atoms with Crippen molar-refractivity contribution in [2.24, 2.45) is 0 Å². The first-order valence-corrected chi connectivity index (χ1v) is 7.85. The Morgan fingerprint density at radius 3 is 2.57 bits per heavy atom. The van der Waals surface area contributed by atoms with Crippen molar-refractivity contribution in [1.82, 2.24) is 5.32 Å². The van der Waals surface area contributed by atoms with Crippen molar-refractivity contribution in [3.05, 3.63) is 58.6 Å². The van der Waals surface area contributed by atoms with Crippen LogP contribution in [0.1, 0.15) is 11.1 Å². The summed E-state index contributed by atoms with van der Waals surface area (Å²) in [5.41, 5.74) is 2.06. The van der Waals surface area contributed by atoms with Crippen LogP contribution >= 0.6 is 11.6 Å². The third-order valence-electron chi connectivity index (χ3n) is 3.34. The fourth-order valence-electron chi connectivity index (χ4n) is 2.20. The van der Waals surface area contributed by atoms with E-state index in [0.29, 0.717) is 36.3 Å². The van der Waals surface area contributed by atoms with Crippen LogP contribution in [0.5, 0.6) is 11.5 Å². The molecule has 0 aliphatic heterocycles. The zero-order valence-corrected chi connectivity index (χ0v) is 14.2. The Bertz CT molecular complexity index is 605. The van der Waals surface area contributed by atoms with E-state index in [-0.39, 0.29) is 0 Å². The van der Waals surface area contributed by atoms with Crippen LogP contribution in [0.2, 0.25) is 5.02 Å². The highest BCUT2D eigenvalue weighted by molar-refractivity contribution is 6.30. The first-order valence-electron chi connectivity index (χ1n) is 7.47. The molecule has 0 saturated carbocycles. The van der Waals surface area contributed by atoms with E-state index in [1.807, 2.05) is 36.4 Å². The Morgan fingerprint density at radius 1 is 1.09 bits per heavy atom. The van der Waals surface area contributed by atoms with Gasteiger partial charge in [-0.2, -0.15) is 0 Å². The second-order valence-corrected chi connectivity index (χ2v) is 5.48. The van der Waals surface area contributed by atoms with Crippen LogP contribution in [-0.2, 0) is 17.9 Å². The molecule has 0 atom stereocenters. The molecule has 1 N–H and O–H groups in total. The Morgan fingerprint density at radius 2 is 1.87 bits per heavy atom. The maximum atomic E-state index is 6.17. The van der Waals surface area contributed by atoms with Gasteiger partial charge in [-0.15, -0.1) is 0 Å². The maximum Gasteiger partial charge on any atom is 0.166 e. The van der Waals surface area contributed by atoms with Crippen molar-refractivity contribution in [3.63, 3.8) is 0 Å². The molecule has 2 aromatic carbocycles. The van der Waals surface area contributed by atoms with Crippen molar-refractivity contribution < 1.29 is 14.2 Å². The highest BCUT2D eigenvalue weighted by Crippen LogP contribution is 2.35. The molecule has 0 aliphatic carbocycles. The number of benzene rings is 2. The number of nitrogens with one attached hydrogen (secondary N) is 1. The van der Waals surface area contributed by atoms with Crippen molar-refractivity contribution in [2.45, 2.75) is 13.2 Å². The second kappa shape index (κ2) is 9.40. The number of halogens is 1. The van der Waals surface area contributed by atoms with E-state index in [2.05, 4.69) is 5.32 Å². The van der Waals surface area contributed by atoms with E-state index in [4.69, 9.17) is 25.8 Å². The molecule has 124 valence electrons. The highest BCUT2D eigenvalue weighted by Gasteiger charge is 2.13. The molecule has 23 heavy (non-hydrogen) atoms. The Labute approximate surface area is 142 Å². The molecular weight excluding hydrogens is 314 g/mol. The summed E-state index contributed by atoms with van der Waals surface area (Å²) in [5, 5.41) is 3.92. The smallest absolute Gasteiger partial charge is 0.166 e. The minimum Gasteiger partial charge on any atom is -0.493 e. The van der Waals surface area contributed by atoms with Crippen molar-refractivity contribution in [3.8, 4) is 11.5 Å². The van der Waals surface area contributed by atoms with Crippen LogP contribution in [0.15, 0.2) is 42.5 Å². The van der Waals surface area contributed by atoms with E-state index in [1.54, 1.807) is 20.3 Å². The van der Waals surface area contributed by atoms with Gasteiger partial charge in [-0.25, -0.2) is 0 Å². The predicted molar refractivity (Wildman–Crippen MR) is 92.4 cm³/mol. The monoisotopic (exact) mass is 335 g/mol. The Hall–Kier alpha value is -1.75. The summed E-state index contributed by atoms with van der Waals surface area (Å²) >= 11 is 6.17. The quantitative estimate of drug-likeness (QED) is 0.710. The predicted octanol–water partition coefficient (Wildman–Crippen LogP) is 3.66. The molecule has 0 aromatic heterocycles. The van der Waals surface area contributed by atoms with E-state index >= 15 is 0 Å². The van der Waals surface area contributed by atoms with Crippen LogP contribution in [0.3, 0.4) is 0 Å². The van der Waals surface area contributed by atoms with Crippen LogP contribution in [0.25, 0.3) is 0 Å². The van der Waals surface area contributed by atoms with E-state index in [0.717, 1.165) is 17.7 Å². The zero-order chi connectivity index (χ0) is 16.5. The summed E-state index contributed by atoms with van der Waals surface area (Å²) in [6, 6.07) is 13.7. The summed E-state index contributed by atoms with van der Waals surface area (Å²) in [5.74, 6) is 1.35. The fourth-order valence-corrected chi connectivity index (χ4v) is 2.43. The minimum absolute atomic E-state index is 0.476. The second-order valence-electron chi connectivity index (χ2n) is 5.04. The average Bonchev–Trinajstić information content (AvgIpc) is 2.58. The van der Waals surface area contributed by atoms with Gasteiger partial charge >= 0.3 is 0 Å². The van der Waals surface area contributed by atoms with Gasteiger partial charge < -0.3 is 19.5 Å². The molecule has 0 bridgehead atoms. The molecule has 0 unspecified atom stereocenters. The molecule has 0 radical (unpaired) electrons. The zero-order valence-electron chi connectivity index (χ0n) is 13.5. The summed E-state index contributed by atoms with van der Waals surface area (Å²) in [6.07, 6.45) is 0. The lowest BCUT2D eigenvalue weighted by atomic mass is 10.1. The average molecular weight is 336 g/mol. The summed E-state index contributed by atoms with van der Waals surface area (Å²) in [4.78, 5) is 0. The van der Waals surface area contributed by atoms with Gasteiger partial charge in [-0.3, -0.25) is 0 Å². The molecule has 0 fully saturated rings. The third kappa shape index (κ3) is 5.43. The van der Waals surface area contributed by atoms with Gasteiger partial charge in [0, 0.05) is 36.9 Å². The van der Waals surface area contributed by atoms with Gasteiger partial charge in [0.15, 0.2) is 11.5 Å². The Balaban J connectivity index is 2.13. The van der Waals surface area contributed by atoms with Crippen molar-refractivity contribution in [2.75, 3.05) is 27.4 Å². The standard InChI is InChI=1S/C18H22ClNO3/c1-21-9-8-20-12-15-10-16(19)11-17(22-2)18(15)23-13-14-6-4-3-5-7-14/h3-7,10-11,20H,8-9,12-13H2,1-2H3. The lowest BCUT2D eigenvalue weighted by molar-refractivity contribution is 0.199. The Kier molecular flexibility index (Phi) is 7.20. The molecule has 2 rings (SSSR count). The molecule has 2 aromatic rings.